The maximum atomic E-state index is 2.87. The molecule has 7 unspecified atom stereocenters. The van der Waals surface area contributed by atoms with Crippen LogP contribution < -0.4 is 9.80 Å². The molecule has 0 spiro atoms. The SMILES string of the molecule is C1=CC(c2ccc3c(c2)N(C2CC=CCC2)C2C=CC4=C(C5C=CCCC5N4c4ccc5cc(C6C=CCCC6)ccc5c4)C32)CCC1. The highest BCUT2D eigenvalue weighted by Crippen LogP contribution is 2.57. The molecule has 0 fully saturated rings. The van der Waals surface area contributed by atoms with Gasteiger partial charge in [-0.15, -0.1) is 0 Å². The Balaban J connectivity index is 1.07. The van der Waals surface area contributed by atoms with Crippen LogP contribution in [0, 0.1) is 5.92 Å². The third kappa shape index (κ3) is 4.66. The molecule has 3 aromatic carbocycles. The van der Waals surface area contributed by atoms with Gasteiger partial charge in [0, 0.05) is 52.8 Å². The molecule has 48 heavy (non-hydrogen) atoms. The monoisotopic (exact) mass is 628 g/mol. The van der Waals surface area contributed by atoms with Crippen LogP contribution in [0.15, 0.2) is 127 Å². The Bertz CT molecular complexity index is 1930. The topological polar surface area (TPSA) is 6.48 Å². The first-order valence-electron chi connectivity index (χ1n) is 19.1. The zero-order valence-electron chi connectivity index (χ0n) is 28.2. The van der Waals surface area contributed by atoms with Crippen molar-refractivity contribution in [2.24, 2.45) is 5.92 Å². The number of benzene rings is 3. The minimum Gasteiger partial charge on any atom is -0.361 e. The number of rotatable bonds is 4. The first-order valence-corrected chi connectivity index (χ1v) is 19.1. The van der Waals surface area contributed by atoms with Crippen molar-refractivity contribution in [1.29, 1.82) is 0 Å². The summed E-state index contributed by atoms with van der Waals surface area (Å²) in [5.74, 6) is 2.00. The van der Waals surface area contributed by atoms with Crippen LogP contribution in [-0.2, 0) is 0 Å². The van der Waals surface area contributed by atoms with E-state index >= 15 is 0 Å². The second-order valence-electron chi connectivity index (χ2n) is 15.5. The van der Waals surface area contributed by atoms with Crippen molar-refractivity contribution in [1.82, 2.24) is 0 Å². The number of anilines is 2. The largest absolute Gasteiger partial charge is 0.361 e. The van der Waals surface area contributed by atoms with Gasteiger partial charge in [0.1, 0.15) is 0 Å². The zero-order chi connectivity index (χ0) is 31.6. The molecule has 5 aliphatic carbocycles. The van der Waals surface area contributed by atoms with Gasteiger partial charge in [0.05, 0.1) is 6.04 Å². The van der Waals surface area contributed by atoms with Crippen molar-refractivity contribution in [2.45, 2.75) is 107 Å². The fourth-order valence-electron chi connectivity index (χ4n) is 10.6. The fraction of sp³-hybridized carbons (Fsp3) is 0.391. The molecule has 0 aromatic heterocycles. The van der Waals surface area contributed by atoms with E-state index in [0.717, 1.165) is 12.8 Å². The second-order valence-corrected chi connectivity index (χ2v) is 15.5. The molecule has 242 valence electrons. The van der Waals surface area contributed by atoms with E-state index in [1.165, 1.54) is 96.8 Å². The van der Waals surface area contributed by atoms with E-state index in [4.69, 9.17) is 0 Å². The van der Waals surface area contributed by atoms with Crippen LogP contribution in [0.1, 0.15) is 105 Å². The van der Waals surface area contributed by atoms with Crippen LogP contribution in [0.5, 0.6) is 0 Å². The van der Waals surface area contributed by atoms with Crippen LogP contribution in [-0.4, -0.2) is 18.1 Å². The standard InChI is InChI=1S/C46H48N2/c1-4-12-31(13-5-1)33-20-21-35-29-38(24-22-34(35)28-33)48-41-19-11-10-18-39(41)45-43(48)27-26-42-46(45)40-25-23-36(32-14-6-2-7-15-32)30-44(40)47(42)37-16-8-3-9-17-37/h3-4,6,8,10,12,14,18,20-32,37,39,41-42,46H,1-2,5,7,9,11,13,15-17,19H2. The summed E-state index contributed by atoms with van der Waals surface area (Å²) < 4.78 is 0. The van der Waals surface area contributed by atoms with Crippen molar-refractivity contribution in [3.63, 3.8) is 0 Å². The number of allylic oxidation sites excluding steroid dienone is 7. The third-order valence-electron chi connectivity index (χ3n) is 12.9. The van der Waals surface area contributed by atoms with Crippen LogP contribution in [0.3, 0.4) is 0 Å². The minimum atomic E-state index is 0.396. The average molecular weight is 629 g/mol. The Morgan fingerprint density at radius 3 is 2.15 bits per heavy atom. The summed E-state index contributed by atoms with van der Waals surface area (Å²) in [4.78, 5) is 5.62. The Morgan fingerprint density at radius 2 is 1.35 bits per heavy atom. The van der Waals surface area contributed by atoms with Gasteiger partial charge >= 0.3 is 0 Å². The fourth-order valence-corrected chi connectivity index (χ4v) is 10.6. The summed E-state index contributed by atoms with van der Waals surface area (Å²) in [5, 5.41) is 2.73. The number of hydrogen-bond acceptors (Lipinski definition) is 2. The first kappa shape index (κ1) is 28.9. The molecule has 7 atom stereocenters. The Morgan fingerprint density at radius 1 is 0.604 bits per heavy atom. The molecule has 0 saturated heterocycles. The molecule has 0 amide bonds. The average Bonchev–Trinajstić information content (AvgIpc) is 3.68. The molecule has 0 bridgehead atoms. The third-order valence-corrected chi connectivity index (χ3v) is 12.9. The van der Waals surface area contributed by atoms with Gasteiger partial charge in [0.25, 0.3) is 0 Å². The molecule has 0 radical (unpaired) electrons. The summed E-state index contributed by atoms with van der Waals surface area (Å²) >= 11 is 0. The van der Waals surface area contributed by atoms with Crippen molar-refractivity contribution in [3.8, 4) is 0 Å². The summed E-state index contributed by atoms with van der Waals surface area (Å²) in [6.07, 6.45) is 38.3. The lowest BCUT2D eigenvalue weighted by molar-refractivity contribution is 0.478. The highest BCUT2D eigenvalue weighted by Gasteiger charge is 2.51. The molecule has 3 aromatic rings. The molecular formula is C46H48N2. The Labute approximate surface area is 286 Å². The van der Waals surface area contributed by atoms with E-state index in [9.17, 15) is 0 Å². The Kier molecular flexibility index (Phi) is 7.13. The van der Waals surface area contributed by atoms with Gasteiger partial charge in [-0.2, -0.15) is 0 Å². The highest BCUT2D eigenvalue weighted by molar-refractivity contribution is 5.88. The van der Waals surface area contributed by atoms with Crippen LogP contribution in [0.2, 0.25) is 0 Å². The number of fused-ring (bicyclic) bond motifs is 7. The number of hydrogen-bond donors (Lipinski definition) is 0. The van der Waals surface area contributed by atoms with Gasteiger partial charge in [-0.3, -0.25) is 0 Å². The molecule has 7 aliphatic rings. The molecule has 2 heterocycles. The summed E-state index contributed by atoms with van der Waals surface area (Å²) in [7, 11) is 0. The predicted molar refractivity (Wildman–Crippen MR) is 202 cm³/mol. The lowest BCUT2D eigenvalue weighted by atomic mass is 9.75. The van der Waals surface area contributed by atoms with Gasteiger partial charge in [0.15, 0.2) is 0 Å². The molecule has 2 aliphatic heterocycles. The molecular weight excluding hydrogens is 581 g/mol. The van der Waals surface area contributed by atoms with Crippen molar-refractivity contribution in [3.05, 3.63) is 143 Å². The van der Waals surface area contributed by atoms with Crippen molar-refractivity contribution in [2.75, 3.05) is 9.80 Å². The molecule has 2 heteroatoms. The van der Waals surface area contributed by atoms with Crippen LogP contribution in [0.25, 0.3) is 10.8 Å². The maximum Gasteiger partial charge on any atom is 0.0588 e. The molecule has 10 rings (SSSR count). The maximum absolute atomic E-state index is 2.87. The molecule has 0 N–H and O–H groups in total. The quantitative estimate of drug-likeness (QED) is 0.265. The van der Waals surface area contributed by atoms with Gasteiger partial charge in [-0.25, -0.2) is 0 Å². The van der Waals surface area contributed by atoms with Gasteiger partial charge in [0.2, 0.25) is 0 Å². The van der Waals surface area contributed by atoms with Crippen molar-refractivity contribution >= 4 is 22.1 Å². The Hall–Kier alpha value is -4.04. The molecule has 2 nitrogen and oxygen atoms in total. The van der Waals surface area contributed by atoms with E-state index < -0.39 is 0 Å². The zero-order valence-corrected chi connectivity index (χ0v) is 28.2. The van der Waals surface area contributed by atoms with Gasteiger partial charge < -0.3 is 9.80 Å². The summed E-state index contributed by atoms with van der Waals surface area (Å²) in [6, 6.07) is 23.6. The van der Waals surface area contributed by atoms with Gasteiger partial charge in [-0.1, -0.05) is 91.1 Å². The van der Waals surface area contributed by atoms with Crippen molar-refractivity contribution < 1.29 is 0 Å². The normalized spacial score (nSPS) is 31.7. The van der Waals surface area contributed by atoms with E-state index in [0.29, 0.717) is 41.8 Å². The van der Waals surface area contributed by atoms with E-state index in [1.54, 1.807) is 11.1 Å². The summed E-state index contributed by atoms with van der Waals surface area (Å²) in [6.45, 7) is 0. The number of nitrogens with zero attached hydrogens (tertiary/aromatic N) is 2. The van der Waals surface area contributed by atoms with E-state index in [-0.39, 0.29) is 0 Å². The second kappa shape index (κ2) is 11.8. The highest BCUT2D eigenvalue weighted by atomic mass is 15.2. The summed E-state index contributed by atoms with van der Waals surface area (Å²) in [5.41, 5.74) is 10.6. The minimum absolute atomic E-state index is 0.396. The lowest BCUT2D eigenvalue weighted by Gasteiger charge is -2.39. The van der Waals surface area contributed by atoms with E-state index in [2.05, 4.69) is 125 Å². The van der Waals surface area contributed by atoms with Crippen LogP contribution >= 0.6 is 0 Å². The smallest absolute Gasteiger partial charge is 0.0588 e. The molecule has 0 saturated carbocycles. The van der Waals surface area contributed by atoms with Crippen LogP contribution in [0.4, 0.5) is 11.4 Å². The predicted octanol–water partition coefficient (Wildman–Crippen LogP) is 11.5. The lowest BCUT2D eigenvalue weighted by Crippen LogP contribution is -2.43. The van der Waals surface area contributed by atoms with E-state index in [1.807, 2.05) is 0 Å². The first-order chi connectivity index (χ1) is 23.8. The van der Waals surface area contributed by atoms with Gasteiger partial charge in [-0.05, 0) is 128 Å².